The monoisotopic (exact) mass is 524 g/mol. The van der Waals surface area contributed by atoms with Crippen LogP contribution in [0.4, 0.5) is 10.7 Å². The van der Waals surface area contributed by atoms with E-state index < -0.39 is 24.5 Å². The number of nitrogens with one attached hydrogen (secondary N) is 2. The normalized spacial score (nSPS) is 11.5. The lowest BCUT2D eigenvalue weighted by molar-refractivity contribution is -0.119. The molecule has 11 heteroatoms. The predicted octanol–water partition coefficient (Wildman–Crippen LogP) is 3.92. The fourth-order valence-corrected chi connectivity index (χ4v) is 4.80. The van der Waals surface area contributed by atoms with Crippen molar-refractivity contribution in [2.45, 2.75) is 20.3 Å². The van der Waals surface area contributed by atoms with E-state index in [4.69, 9.17) is 18.9 Å². The average molecular weight is 525 g/mol. The first kappa shape index (κ1) is 25.7. The highest BCUT2D eigenvalue weighted by Crippen LogP contribution is 2.37. The summed E-state index contributed by atoms with van der Waals surface area (Å²) in [5.74, 6) is -0.851. The van der Waals surface area contributed by atoms with E-state index in [0.29, 0.717) is 34.2 Å². The molecule has 0 unspecified atom stereocenters. The molecule has 1 aliphatic rings. The van der Waals surface area contributed by atoms with Crippen molar-refractivity contribution in [3.63, 3.8) is 0 Å². The van der Waals surface area contributed by atoms with Crippen LogP contribution in [0, 0.1) is 6.92 Å². The van der Waals surface area contributed by atoms with E-state index in [1.165, 1.54) is 37.5 Å². The summed E-state index contributed by atoms with van der Waals surface area (Å²) in [6, 6.07) is 11.6. The Labute approximate surface area is 216 Å². The largest absolute Gasteiger partial charge is 0.465 e. The Hall–Kier alpha value is -4.38. The van der Waals surface area contributed by atoms with Crippen LogP contribution in [0.25, 0.3) is 0 Å². The Morgan fingerprint density at radius 3 is 2.41 bits per heavy atom. The molecule has 0 radical (unpaired) electrons. The third-order valence-electron chi connectivity index (χ3n) is 5.44. The molecule has 37 heavy (non-hydrogen) atoms. The number of amides is 2. The molecule has 0 saturated carbocycles. The molecule has 1 aromatic heterocycles. The number of esters is 2. The fourth-order valence-electron chi connectivity index (χ4n) is 3.72. The minimum absolute atomic E-state index is 0.160. The number of aryl methyl sites for hydroxylation is 1. The number of ether oxygens (including phenoxy) is 4. The highest BCUT2D eigenvalue weighted by atomic mass is 32.1. The summed E-state index contributed by atoms with van der Waals surface area (Å²) in [7, 11) is 1.27. The van der Waals surface area contributed by atoms with Gasteiger partial charge in [-0.25, -0.2) is 9.59 Å². The molecular formula is C26H24N2O8S. The molecule has 2 N–H and O–H groups in total. The fraction of sp³-hybridized carbons (Fsp3) is 0.231. The van der Waals surface area contributed by atoms with Gasteiger partial charge in [0, 0.05) is 17.5 Å². The summed E-state index contributed by atoms with van der Waals surface area (Å²) in [6.45, 7) is 2.83. The highest BCUT2D eigenvalue weighted by Gasteiger charge is 2.25. The van der Waals surface area contributed by atoms with Crippen LogP contribution >= 0.6 is 11.3 Å². The summed E-state index contributed by atoms with van der Waals surface area (Å²) >= 11 is 1.23. The topological polar surface area (TPSA) is 129 Å². The Morgan fingerprint density at radius 1 is 0.973 bits per heavy atom. The predicted molar refractivity (Wildman–Crippen MR) is 135 cm³/mol. The zero-order valence-corrected chi connectivity index (χ0v) is 21.2. The summed E-state index contributed by atoms with van der Waals surface area (Å²) < 4.78 is 20.9. The first-order valence-corrected chi connectivity index (χ1v) is 12.0. The van der Waals surface area contributed by atoms with Gasteiger partial charge in [-0.15, -0.1) is 11.3 Å². The Balaban J connectivity index is 1.44. The second kappa shape index (κ2) is 11.1. The van der Waals surface area contributed by atoms with Crippen molar-refractivity contribution in [2.24, 2.45) is 0 Å². The lowest BCUT2D eigenvalue weighted by atomic mass is 10.0. The van der Waals surface area contributed by atoms with Crippen LogP contribution in [0.3, 0.4) is 0 Å². The minimum atomic E-state index is -0.705. The van der Waals surface area contributed by atoms with Crippen LogP contribution in [0.1, 0.15) is 43.6 Å². The third kappa shape index (κ3) is 6.07. The van der Waals surface area contributed by atoms with E-state index >= 15 is 0 Å². The molecular weight excluding hydrogens is 500 g/mol. The smallest absolute Gasteiger partial charge is 0.341 e. The number of anilines is 2. The van der Waals surface area contributed by atoms with E-state index in [2.05, 4.69) is 10.6 Å². The number of benzene rings is 2. The molecule has 3 aromatic rings. The molecule has 0 atom stereocenters. The van der Waals surface area contributed by atoms with Gasteiger partial charge >= 0.3 is 11.9 Å². The van der Waals surface area contributed by atoms with Gasteiger partial charge in [0.05, 0.1) is 18.2 Å². The van der Waals surface area contributed by atoms with Crippen molar-refractivity contribution in [1.82, 2.24) is 0 Å². The van der Waals surface area contributed by atoms with Crippen LogP contribution < -0.4 is 20.1 Å². The quantitative estimate of drug-likeness (QED) is 0.424. The molecule has 4 rings (SSSR count). The van der Waals surface area contributed by atoms with Crippen molar-refractivity contribution < 1.29 is 38.1 Å². The van der Waals surface area contributed by atoms with E-state index in [1.54, 1.807) is 12.1 Å². The summed E-state index contributed by atoms with van der Waals surface area (Å²) in [5, 5.41) is 5.56. The molecule has 0 spiro atoms. The maximum Gasteiger partial charge on any atom is 0.341 e. The van der Waals surface area contributed by atoms with Gasteiger partial charge < -0.3 is 29.6 Å². The number of hydrogen-bond donors (Lipinski definition) is 2. The summed E-state index contributed by atoms with van der Waals surface area (Å²) in [6.07, 6.45) is 0.405. The molecule has 0 bridgehead atoms. The molecule has 0 saturated heterocycles. The zero-order valence-electron chi connectivity index (χ0n) is 20.3. The molecule has 2 amide bonds. The third-order valence-corrected chi connectivity index (χ3v) is 6.51. The second-order valence-electron chi connectivity index (χ2n) is 8.08. The van der Waals surface area contributed by atoms with Crippen molar-refractivity contribution in [3.05, 3.63) is 69.6 Å². The number of thiophene rings is 1. The van der Waals surface area contributed by atoms with Gasteiger partial charge in [-0.2, -0.15) is 0 Å². The SMILES string of the molecule is COC(=O)c1c(NC(=O)COC(=O)c2ccc(NC(C)=O)cc2)sc(C)c1Cc1ccc2c(c1)OCO2. The van der Waals surface area contributed by atoms with E-state index in [-0.39, 0.29) is 23.8 Å². The van der Waals surface area contributed by atoms with Gasteiger partial charge in [0.2, 0.25) is 12.7 Å². The van der Waals surface area contributed by atoms with Gasteiger partial charge in [0.25, 0.3) is 5.91 Å². The summed E-state index contributed by atoms with van der Waals surface area (Å²) in [4.78, 5) is 49.5. The van der Waals surface area contributed by atoms with Gasteiger partial charge in [0.15, 0.2) is 18.1 Å². The Morgan fingerprint density at radius 2 is 1.70 bits per heavy atom. The lowest BCUT2D eigenvalue weighted by Crippen LogP contribution is -2.21. The average Bonchev–Trinajstić information content (AvgIpc) is 3.46. The molecule has 2 heterocycles. The number of methoxy groups -OCH3 is 1. The van der Waals surface area contributed by atoms with Crippen molar-refractivity contribution in [1.29, 1.82) is 0 Å². The van der Waals surface area contributed by atoms with Gasteiger partial charge in [-0.3, -0.25) is 9.59 Å². The van der Waals surface area contributed by atoms with Crippen molar-refractivity contribution in [2.75, 3.05) is 31.1 Å². The van der Waals surface area contributed by atoms with E-state index in [1.807, 2.05) is 25.1 Å². The van der Waals surface area contributed by atoms with Crippen LogP contribution in [0.15, 0.2) is 42.5 Å². The molecule has 192 valence electrons. The van der Waals surface area contributed by atoms with Crippen LogP contribution in [-0.2, 0) is 25.5 Å². The number of rotatable bonds is 8. The molecule has 10 nitrogen and oxygen atoms in total. The van der Waals surface area contributed by atoms with E-state index in [0.717, 1.165) is 10.4 Å². The van der Waals surface area contributed by atoms with E-state index in [9.17, 15) is 19.2 Å². The number of carbonyl (C=O) groups is 4. The standard InChI is InChI=1S/C26H24N2O8S/c1-14-19(10-16-4-9-20-21(11-16)36-13-35-20)23(26(32)33-3)24(37-14)28-22(30)12-34-25(31)17-5-7-18(8-6-17)27-15(2)29/h4-9,11H,10,12-13H2,1-3H3,(H,27,29)(H,28,30). The molecule has 0 aliphatic carbocycles. The van der Waals surface area contributed by atoms with Gasteiger partial charge in [-0.05, 0) is 60.9 Å². The maximum absolute atomic E-state index is 12.6. The Bertz CT molecular complexity index is 1360. The second-order valence-corrected chi connectivity index (χ2v) is 9.30. The molecule has 2 aromatic carbocycles. The maximum atomic E-state index is 12.6. The first-order valence-electron chi connectivity index (χ1n) is 11.2. The van der Waals surface area contributed by atoms with Gasteiger partial charge in [-0.1, -0.05) is 6.07 Å². The van der Waals surface area contributed by atoms with Crippen LogP contribution in [-0.4, -0.2) is 44.3 Å². The number of fused-ring (bicyclic) bond motifs is 1. The van der Waals surface area contributed by atoms with Crippen LogP contribution in [0.5, 0.6) is 11.5 Å². The molecule has 1 aliphatic heterocycles. The zero-order chi connectivity index (χ0) is 26.5. The number of carbonyl (C=O) groups excluding carboxylic acids is 4. The van der Waals surface area contributed by atoms with Crippen molar-refractivity contribution >= 4 is 45.8 Å². The first-order chi connectivity index (χ1) is 17.7. The van der Waals surface area contributed by atoms with Gasteiger partial charge in [0.1, 0.15) is 5.00 Å². The minimum Gasteiger partial charge on any atom is -0.465 e. The lowest BCUT2D eigenvalue weighted by Gasteiger charge is -2.09. The molecule has 0 fully saturated rings. The number of hydrogen-bond acceptors (Lipinski definition) is 9. The van der Waals surface area contributed by atoms with Crippen LogP contribution in [0.2, 0.25) is 0 Å². The highest BCUT2D eigenvalue weighted by molar-refractivity contribution is 7.16. The Kier molecular flexibility index (Phi) is 7.73. The summed E-state index contributed by atoms with van der Waals surface area (Å²) in [5.41, 5.74) is 2.60. The van der Waals surface area contributed by atoms with Crippen molar-refractivity contribution in [3.8, 4) is 11.5 Å².